The first-order valence-corrected chi connectivity index (χ1v) is 7.39. The van der Waals surface area contributed by atoms with Crippen LogP contribution in [-0.4, -0.2) is 6.29 Å². The Morgan fingerprint density at radius 1 is 1.15 bits per heavy atom. The minimum Gasteiger partial charge on any atom is -0.487 e. The third kappa shape index (κ3) is 3.94. The van der Waals surface area contributed by atoms with E-state index in [2.05, 4.69) is 22.0 Å². The Labute approximate surface area is 127 Å². The topological polar surface area (TPSA) is 26.3 Å². The minimum atomic E-state index is 0.550. The molecular weight excluding hydrogens is 316 g/mol. The molecule has 0 unspecified atom stereocenters. The summed E-state index contributed by atoms with van der Waals surface area (Å²) >= 11 is 3.55. The van der Waals surface area contributed by atoms with Gasteiger partial charge in [0.1, 0.15) is 18.6 Å². The van der Waals surface area contributed by atoms with Crippen molar-refractivity contribution < 1.29 is 9.53 Å². The first-order valence-electron chi connectivity index (χ1n) is 6.60. The van der Waals surface area contributed by atoms with Crippen molar-refractivity contribution in [3.05, 3.63) is 63.6 Å². The molecule has 20 heavy (non-hydrogen) atoms. The van der Waals surface area contributed by atoms with E-state index in [4.69, 9.17) is 4.74 Å². The molecule has 0 radical (unpaired) electrons. The van der Waals surface area contributed by atoms with Crippen LogP contribution in [0.3, 0.4) is 0 Å². The molecule has 0 bridgehead atoms. The summed E-state index contributed by atoms with van der Waals surface area (Å²) in [5.41, 5.74) is 3.37. The molecule has 0 saturated heterocycles. The second-order valence-electron chi connectivity index (χ2n) is 4.70. The summed E-state index contributed by atoms with van der Waals surface area (Å²) in [4.78, 5) is 10.4. The molecule has 2 aromatic carbocycles. The van der Waals surface area contributed by atoms with Crippen molar-refractivity contribution in [2.75, 3.05) is 0 Å². The molecule has 0 aromatic heterocycles. The maximum atomic E-state index is 10.4. The lowest BCUT2D eigenvalue weighted by atomic mass is 10.1. The molecule has 0 fully saturated rings. The first kappa shape index (κ1) is 14.8. The molecule has 3 heteroatoms. The van der Waals surface area contributed by atoms with Crippen molar-refractivity contribution >= 4 is 22.2 Å². The zero-order valence-corrected chi connectivity index (χ0v) is 13.0. The number of hydrogen-bond donors (Lipinski definition) is 0. The van der Waals surface area contributed by atoms with Crippen molar-refractivity contribution in [2.45, 2.75) is 26.4 Å². The highest BCUT2D eigenvalue weighted by Gasteiger charge is 2.08. The smallest absolute Gasteiger partial charge is 0.136 e. The number of benzene rings is 2. The van der Waals surface area contributed by atoms with E-state index in [0.717, 1.165) is 39.6 Å². The van der Waals surface area contributed by atoms with Crippen LogP contribution >= 0.6 is 15.9 Å². The summed E-state index contributed by atoms with van der Waals surface area (Å²) < 4.78 is 6.84. The van der Waals surface area contributed by atoms with Gasteiger partial charge < -0.3 is 9.53 Å². The Kier molecular flexibility index (Phi) is 5.36. The summed E-state index contributed by atoms with van der Waals surface area (Å²) in [6.07, 6.45) is 2.26. The van der Waals surface area contributed by atoms with Gasteiger partial charge in [-0.1, -0.05) is 36.4 Å². The van der Waals surface area contributed by atoms with Crippen LogP contribution < -0.4 is 4.74 Å². The lowest BCUT2D eigenvalue weighted by Crippen LogP contribution is -1.99. The van der Waals surface area contributed by atoms with Crippen LogP contribution in [-0.2, 0) is 17.8 Å². The number of aldehydes is 1. The van der Waals surface area contributed by atoms with E-state index in [1.807, 2.05) is 43.3 Å². The summed E-state index contributed by atoms with van der Waals surface area (Å²) in [5.74, 6) is 0.865. The van der Waals surface area contributed by atoms with E-state index in [0.29, 0.717) is 13.0 Å². The lowest BCUT2D eigenvalue weighted by molar-refractivity contribution is -0.107. The average molecular weight is 333 g/mol. The van der Waals surface area contributed by atoms with Crippen LogP contribution in [0.5, 0.6) is 5.75 Å². The van der Waals surface area contributed by atoms with Gasteiger partial charge in [-0.3, -0.25) is 0 Å². The summed E-state index contributed by atoms with van der Waals surface area (Å²) in [5, 5.41) is 0. The fraction of sp³-hybridized carbons (Fsp3) is 0.235. The van der Waals surface area contributed by atoms with Crippen LogP contribution in [0.15, 0.2) is 46.9 Å². The van der Waals surface area contributed by atoms with Crippen LogP contribution in [0, 0.1) is 6.92 Å². The molecule has 0 aliphatic rings. The van der Waals surface area contributed by atoms with Gasteiger partial charge in [0, 0.05) is 6.42 Å². The van der Waals surface area contributed by atoms with E-state index in [1.54, 1.807) is 0 Å². The first-order chi connectivity index (χ1) is 9.70. The molecule has 0 spiro atoms. The molecule has 0 heterocycles. The number of hydrogen-bond acceptors (Lipinski definition) is 2. The molecule has 2 nitrogen and oxygen atoms in total. The van der Waals surface area contributed by atoms with Crippen LogP contribution in [0.1, 0.15) is 23.1 Å². The highest BCUT2D eigenvalue weighted by molar-refractivity contribution is 9.10. The van der Waals surface area contributed by atoms with E-state index < -0.39 is 0 Å². The normalized spacial score (nSPS) is 10.3. The van der Waals surface area contributed by atoms with Crippen molar-refractivity contribution in [3.63, 3.8) is 0 Å². The van der Waals surface area contributed by atoms with Gasteiger partial charge in [0.25, 0.3) is 0 Å². The Bertz CT molecular complexity index is 556. The fourth-order valence-corrected chi connectivity index (χ4v) is 2.81. The largest absolute Gasteiger partial charge is 0.487 e. The number of carbonyl (C=O) groups excluding carboxylic acids is 1. The second-order valence-corrected chi connectivity index (χ2v) is 5.56. The molecule has 0 aliphatic heterocycles. The number of halogens is 1. The molecule has 0 amide bonds. The van der Waals surface area contributed by atoms with Crippen molar-refractivity contribution in [1.82, 2.24) is 0 Å². The summed E-state index contributed by atoms with van der Waals surface area (Å²) in [6.45, 7) is 2.57. The lowest BCUT2D eigenvalue weighted by Gasteiger charge is -2.13. The Hall–Kier alpha value is -1.61. The average Bonchev–Trinajstić information content (AvgIpc) is 2.45. The maximum absolute atomic E-state index is 10.4. The summed E-state index contributed by atoms with van der Waals surface area (Å²) in [7, 11) is 0. The molecule has 0 atom stereocenters. The van der Waals surface area contributed by atoms with Gasteiger partial charge in [-0.15, -0.1) is 0 Å². The zero-order valence-electron chi connectivity index (χ0n) is 11.4. The SMILES string of the molecule is Cc1cc(CCC=O)cc(Br)c1OCc1ccccc1. The van der Waals surface area contributed by atoms with E-state index in [1.165, 1.54) is 0 Å². The van der Waals surface area contributed by atoms with Crippen molar-refractivity contribution in [1.29, 1.82) is 0 Å². The second kappa shape index (κ2) is 7.25. The van der Waals surface area contributed by atoms with E-state index in [-0.39, 0.29) is 0 Å². The number of ether oxygens (including phenoxy) is 1. The molecule has 0 aliphatic carbocycles. The molecule has 2 aromatic rings. The maximum Gasteiger partial charge on any atom is 0.136 e. The van der Waals surface area contributed by atoms with Crippen LogP contribution in [0.4, 0.5) is 0 Å². The third-order valence-corrected chi connectivity index (χ3v) is 3.65. The predicted molar refractivity (Wildman–Crippen MR) is 84.0 cm³/mol. The Balaban J connectivity index is 2.10. The standard InChI is InChI=1S/C17H17BrO2/c1-13-10-15(8-5-9-19)11-16(18)17(13)20-12-14-6-3-2-4-7-14/h2-4,6-7,9-11H,5,8,12H2,1H3. The predicted octanol–water partition coefficient (Wildman–Crippen LogP) is 4.47. The van der Waals surface area contributed by atoms with Gasteiger partial charge in [-0.2, -0.15) is 0 Å². The highest BCUT2D eigenvalue weighted by atomic mass is 79.9. The van der Waals surface area contributed by atoms with Crippen molar-refractivity contribution in [3.8, 4) is 5.75 Å². The van der Waals surface area contributed by atoms with Crippen molar-refractivity contribution in [2.24, 2.45) is 0 Å². The van der Waals surface area contributed by atoms with E-state index in [9.17, 15) is 4.79 Å². The minimum absolute atomic E-state index is 0.550. The monoisotopic (exact) mass is 332 g/mol. The van der Waals surface area contributed by atoms with Gasteiger partial charge in [0.2, 0.25) is 0 Å². The fourth-order valence-electron chi connectivity index (χ4n) is 2.08. The third-order valence-electron chi connectivity index (χ3n) is 3.07. The van der Waals surface area contributed by atoms with Gasteiger partial charge in [0.05, 0.1) is 4.47 Å². The molecule has 104 valence electrons. The molecule has 0 saturated carbocycles. The zero-order chi connectivity index (χ0) is 14.4. The molecule has 0 N–H and O–H groups in total. The Morgan fingerprint density at radius 3 is 2.55 bits per heavy atom. The molecule has 2 rings (SSSR count). The number of aryl methyl sites for hydroxylation is 2. The van der Waals surface area contributed by atoms with Gasteiger partial charge in [-0.05, 0) is 52.0 Å². The number of carbonyl (C=O) groups is 1. The quantitative estimate of drug-likeness (QED) is 0.729. The number of rotatable bonds is 6. The van der Waals surface area contributed by atoms with E-state index >= 15 is 0 Å². The summed E-state index contributed by atoms with van der Waals surface area (Å²) in [6, 6.07) is 14.2. The highest BCUT2D eigenvalue weighted by Crippen LogP contribution is 2.31. The van der Waals surface area contributed by atoms with Crippen LogP contribution in [0.2, 0.25) is 0 Å². The van der Waals surface area contributed by atoms with Gasteiger partial charge in [-0.25, -0.2) is 0 Å². The van der Waals surface area contributed by atoms with Gasteiger partial charge in [0.15, 0.2) is 0 Å². The van der Waals surface area contributed by atoms with Gasteiger partial charge >= 0.3 is 0 Å². The van der Waals surface area contributed by atoms with Crippen LogP contribution in [0.25, 0.3) is 0 Å². The Morgan fingerprint density at radius 2 is 1.90 bits per heavy atom. The molecular formula is C17H17BrO2.